The van der Waals surface area contributed by atoms with Crippen molar-refractivity contribution in [3.63, 3.8) is 0 Å². The van der Waals surface area contributed by atoms with Crippen LogP contribution in [-0.4, -0.2) is 11.9 Å². The van der Waals surface area contributed by atoms with E-state index in [1.807, 2.05) is 24.3 Å². The Bertz CT molecular complexity index is 377. The van der Waals surface area contributed by atoms with Gasteiger partial charge in [0, 0.05) is 22.1 Å². The first-order valence-corrected chi connectivity index (χ1v) is 6.26. The molecular formula is C12H15BrN2O. The second kappa shape index (κ2) is 4.97. The average molecular weight is 283 g/mol. The fourth-order valence-corrected chi connectivity index (χ4v) is 2.30. The van der Waals surface area contributed by atoms with Gasteiger partial charge in [0.2, 0.25) is 5.91 Å². The molecule has 0 radical (unpaired) electrons. The number of carbonyl (C=O) groups excluding carboxylic acids is 1. The van der Waals surface area contributed by atoms with Crippen LogP contribution < -0.4 is 11.1 Å². The summed E-state index contributed by atoms with van der Waals surface area (Å²) in [4.78, 5) is 11.9. The normalized spacial score (nSPS) is 24.4. The predicted molar refractivity (Wildman–Crippen MR) is 68.1 cm³/mol. The summed E-state index contributed by atoms with van der Waals surface area (Å²) in [7, 11) is 0. The zero-order valence-corrected chi connectivity index (χ0v) is 10.5. The van der Waals surface area contributed by atoms with Crippen LogP contribution in [0.3, 0.4) is 0 Å². The largest absolute Gasteiger partial charge is 0.328 e. The Hall–Kier alpha value is -0.870. The van der Waals surface area contributed by atoms with E-state index in [9.17, 15) is 4.79 Å². The highest BCUT2D eigenvalue weighted by Gasteiger charge is 2.27. The Morgan fingerprint density at radius 3 is 2.56 bits per heavy atom. The van der Waals surface area contributed by atoms with Crippen molar-refractivity contribution < 1.29 is 4.79 Å². The third kappa shape index (κ3) is 2.83. The van der Waals surface area contributed by atoms with Crippen LogP contribution in [0.1, 0.15) is 19.3 Å². The van der Waals surface area contributed by atoms with Crippen molar-refractivity contribution in [2.45, 2.75) is 25.3 Å². The Morgan fingerprint density at radius 2 is 2.00 bits per heavy atom. The molecule has 2 atom stereocenters. The van der Waals surface area contributed by atoms with Gasteiger partial charge in [-0.1, -0.05) is 15.9 Å². The average Bonchev–Trinajstić information content (AvgIpc) is 2.68. The highest BCUT2D eigenvalue weighted by atomic mass is 79.9. The Labute approximate surface area is 104 Å². The molecule has 1 amide bonds. The van der Waals surface area contributed by atoms with E-state index >= 15 is 0 Å². The van der Waals surface area contributed by atoms with E-state index < -0.39 is 0 Å². The molecule has 3 nitrogen and oxygen atoms in total. The molecule has 1 aromatic rings. The van der Waals surface area contributed by atoms with Crippen molar-refractivity contribution in [3.05, 3.63) is 28.7 Å². The van der Waals surface area contributed by atoms with Gasteiger partial charge in [0.25, 0.3) is 0 Å². The number of benzene rings is 1. The summed E-state index contributed by atoms with van der Waals surface area (Å²) >= 11 is 3.36. The summed E-state index contributed by atoms with van der Waals surface area (Å²) in [6.45, 7) is 0. The molecule has 2 unspecified atom stereocenters. The van der Waals surface area contributed by atoms with Gasteiger partial charge in [0.1, 0.15) is 0 Å². The lowest BCUT2D eigenvalue weighted by Gasteiger charge is -2.10. The lowest BCUT2D eigenvalue weighted by atomic mass is 10.1. The molecule has 16 heavy (non-hydrogen) atoms. The minimum absolute atomic E-state index is 0.0821. The van der Waals surface area contributed by atoms with Crippen LogP contribution in [0, 0.1) is 5.92 Å². The van der Waals surface area contributed by atoms with Gasteiger partial charge in [-0.3, -0.25) is 4.79 Å². The molecular weight excluding hydrogens is 268 g/mol. The second-order valence-corrected chi connectivity index (χ2v) is 5.18. The number of nitrogens with two attached hydrogens (primary N) is 1. The fraction of sp³-hybridized carbons (Fsp3) is 0.417. The van der Waals surface area contributed by atoms with E-state index in [1.54, 1.807) is 0 Å². The highest BCUT2D eigenvalue weighted by Crippen LogP contribution is 2.25. The molecule has 1 saturated carbocycles. The summed E-state index contributed by atoms with van der Waals surface area (Å²) in [5, 5.41) is 2.92. The highest BCUT2D eigenvalue weighted by molar-refractivity contribution is 9.10. The van der Waals surface area contributed by atoms with E-state index in [-0.39, 0.29) is 17.9 Å². The lowest BCUT2D eigenvalue weighted by molar-refractivity contribution is -0.119. The standard InChI is InChI=1S/C12H15BrN2O/c13-9-2-5-11(6-3-9)15-12(16)8-1-4-10(14)7-8/h2-3,5-6,8,10H,1,4,7,14H2,(H,15,16). The van der Waals surface area contributed by atoms with E-state index in [2.05, 4.69) is 21.2 Å². The Morgan fingerprint density at radius 1 is 1.31 bits per heavy atom. The zero-order chi connectivity index (χ0) is 11.5. The van der Waals surface area contributed by atoms with Crippen LogP contribution in [0.4, 0.5) is 5.69 Å². The van der Waals surface area contributed by atoms with Crippen LogP contribution >= 0.6 is 15.9 Å². The molecule has 0 bridgehead atoms. The van der Waals surface area contributed by atoms with E-state index in [0.29, 0.717) is 0 Å². The number of halogens is 1. The first kappa shape index (κ1) is 11.6. The maximum atomic E-state index is 11.9. The Kier molecular flexibility index (Phi) is 3.61. The maximum Gasteiger partial charge on any atom is 0.227 e. The van der Waals surface area contributed by atoms with Crippen molar-refractivity contribution in [2.75, 3.05) is 5.32 Å². The molecule has 3 N–H and O–H groups in total. The number of hydrogen-bond acceptors (Lipinski definition) is 2. The lowest BCUT2D eigenvalue weighted by Crippen LogP contribution is -2.23. The minimum atomic E-state index is 0.0821. The predicted octanol–water partition coefficient (Wildman–Crippen LogP) is 2.52. The smallest absolute Gasteiger partial charge is 0.227 e. The molecule has 1 fully saturated rings. The molecule has 0 aromatic heterocycles. The molecule has 1 aliphatic carbocycles. The van der Waals surface area contributed by atoms with Crippen molar-refractivity contribution in [1.29, 1.82) is 0 Å². The van der Waals surface area contributed by atoms with Gasteiger partial charge in [0.15, 0.2) is 0 Å². The molecule has 0 spiro atoms. The van der Waals surface area contributed by atoms with Gasteiger partial charge >= 0.3 is 0 Å². The third-order valence-corrected chi connectivity index (χ3v) is 3.48. The van der Waals surface area contributed by atoms with E-state index in [1.165, 1.54) is 0 Å². The van der Waals surface area contributed by atoms with Gasteiger partial charge in [-0.2, -0.15) is 0 Å². The summed E-state index contributed by atoms with van der Waals surface area (Å²) < 4.78 is 1.01. The van der Waals surface area contributed by atoms with Crippen LogP contribution in [0.15, 0.2) is 28.7 Å². The summed E-state index contributed by atoms with van der Waals surface area (Å²) in [5.41, 5.74) is 6.63. The number of hydrogen-bond donors (Lipinski definition) is 2. The van der Waals surface area contributed by atoms with Gasteiger partial charge in [-0.05, 0) is 43.5 Å². The molecule has 1 aromatic carbocycles. The first-order chi connectivity index (χ1) is 7.65. The zero-order valence-electron chi connectivity index (χ0n) is 8.95. The van der Waals surface area contributed by atoms with Gasteiger partial charge in [0.05, 0.1) is 0 Å². The van der Waals surface area contributed by atoms with Crippen molar-refractivity contribution in [1.82, 2.24) is 0 Å². The molecule has 0 heterocycles. The molecule has 4 heteroatoms. The number of amides is 1. The molecule has 2 rings (SSSR count). The third-order valence-electron chi connectivity index (χ3n) is 2.96. The number of rotatable bonds is 2. The van der Waals surface area contributed by atoms with Crippen LogP contribution in [0.5, 0.6) is 0 Å². The van der Waals surface area contributed by atoms with Crippen LogP contribution in [0.2, 0.25) is 0 Å². The fourth-order valence-electron chi connectivity index (χ4n) is 2.03. The van der Waals surface area contributed by atoms with Crippen molar-refractivity contribution in [3.8, 4) is 0 Å². The van der Waals surface area contributed by atoms with Crippen molar-refractivity contribution >= 4 is 27.5 Å². The number of nitrogens with one attached hydrogen (secondary N) is 1. The second-order valence-electron chi connectivity index (χ2n) is 4.27. The van der Waals surface area contributed by atoms with Crippen LogP contribution in [0.25, 0.3) is 0 Å². The number of carbonyl (C=O) groups is 1. The SMILES string of the molecule is NC1CCC(C(=O)Nc2ccc(Br)cc2)C1. The summed E-state index contributed by atoms with van der Waals surface area (Å²) in [6.07, 6.45) is 2.67. The minimum Gasteiger partial charge on any atom is -0.328 e. The maximum absolute atomic E-state index is 11.9. The molecule has 0 saturated heterocycles. The van der Waals surface area contributed by atoms with Gasteiger partial charge in [-0.15, -0.1) is 0 Å². The topological polar surface area (TPSA) is 55.1 Å². The van der Waals surface area contributed by atoms with Crippen LogP contribution in [-0.2, 0) is 4.79 Å². The molecule has 1 aliphatic rings. The molecule has 0 aliphatic heterocycles. The number of anilines is 1. The van der Waals surface area contributed by atoms with Gasteiger partial charge < -0.3 is 11.1 Å². The Balaban J connectivity index is 1.94. The van der Waals surface area contributed by atoms with Gasteiger partial charge in [-0.25, -0.2) is 0 Å². The van der Waals surface area contributed by atoms with Crippen molar-refractivity contribution in [2.24, 2.45) is 11.7 Å². The summed E-state index contributed by atoms with van der Waals surface area (Å²) in [5.74, 6) is 0.175. The molecule has 86 valence electrons. The van der Waals surface area contributed by atoms with E-state index in [4.69, 9.17) is 5.73 Å². The van der Waals surface area contributed by atoms with E-state index in [0.717, 1.165) is 29.4 Å². The monoisotopic (exact) mass is 282 g/mol. The first-order valence-electron chi connectivity index (χ1n) is 5.47. The summed E-state index contributed by atoms with van der Waals surface area (Å²) in [6, 6.07) is 7.79. The quantitative estimate of drug-likeness (QED) is 0.876.